The van der Waals surface area contributed by atoms with Gasteiger partial charge in [-0.2, -0.15) is 11.8 Å². The van der Waals surface area contributed by atoms with E-state index in [1.165, 1.54) is 64.2 Å². The minimum Gasteiger partial charge on any atom is -0.473 e. The first-order valence-corrected chi connectivity index (χ1v) is 11.9. The Kier molecular flexibility index (Phi) is 18.7. The lowest BCUT2D eigenvalue weighted by Crippen LogP contribution is -2.22. The number of rotatable bonds is 16. The van der Waals surface area contributed by atoms with Crippen molar-refractivity contribution < 1.29 is 24.5 Å². The van der Waals surface area contributed by atoms with Gasteiger partial charge in [-0.1, -0.05) is 64.7 Å². The van der Waals surface area contributed by atoms with Crippen LogP contribution in [-0.2, 0) is 20.9 Å². The average molecular weight is 431 g/mol. The monoisotopic (exact) mass is 430 g/mol. The van der Waals surface area contributed by atoms with Crippen LogP contribution in [0.5, 0.6) is 0 Å². The Hall–Kier alpha value is -1.54. The molecule has 8 heteroatoms. The van der Waals surface area contributed by atoms with E-state index < -0.39 is 11.9 Å². The molecule has 1 rings (SSSR count). The summed E-state index contributed by atoms with van der Waals surface area (Å²) in [5.74, 6) is -2.60. The fraction of sp³-hybridized carbons (Fsp3) is 0.762. The second-order valence-corrected chi connectivity index (χ2v) is 7.91. The molecule has 0 aromatic carbocycles. The molecule has 7 nitrogen and oxygen atoms in total. The van der Waals surface area contributed by atoms with E-state index in [-0.39, 0.29) is 0 Å². The molecule has 0 aliphatic heterocycles. The third-order valence-electron chi connectivity index (χ3n) is 4.36. The Morgan fingerprint density at radius 1 is 1.00 bits per heavy atom. The van der Waals surface area contributed by atoms with E-state index in [1.807, 2.05) is 30.5 Å². The lowest BCUT2D eigenvalue weighted by molar-refractivity contribution is -0.159. The van der Waals surface area contributed by atoms with Crippen LogP contribution in [0.15, 0.2) is 18.7 Å². The summed E-state index contributed by atoms with van der Waals surface area (Å²) in [6.45, 7) is 4.09. The highest BCUT2D eigenvalue weighted by molar-refractivity contribution is 7.98. The van der Waals surface area contributed by atoms with Gasteiger partial charge in [0.2, 0.25) is 0 Å². The van der Waals surface area contributed by atoms with Gasteiger partial charge in [-0.15, -0.1) is 0 Å². The van der Waals surface area contributed by atoms with Crippen molar-refractivity contribution in [2.75, 3.05) is 18.6 Å². The van der Waals surface area contributed by atoms with Crippen molar-refractivity contribution >= 4 is 23.7 Å². The zero-order valence-electron chi connectivity index (χ0n) is 17.9. The number of unbranched alkanes of at least 4 members (excludes halogenated alkanes) is 9. The largest absolute Gasteiger partial charge is 0.473 e. The fourth-order valence-corrected chi connectivity index (χ4v) is 3.38. The van der Waals surface area contributed by atoms with E-state index in [0.29, 0.717) is 6.10 Å². The highest BCUT2D eigenvalue weighted by Gasteiger charge is 2.09. The summed E-state index contributed by atoms with van der Waals surface area (Å²) in [6, 6.07) is 0. The first kappa shape index (κ1) is 27.5. The molecule has 1 aromatic rings. The molecule has 0 spiro atoms. The standard InChI is InChI=1S/C19H36N2OS.C2H2O4/c1-3-4-5-6-7-8-9-10-11-12-15-22-19(17-23-2)16-21-14-13-20-18-21;3-1(4)2(5)6/h13-14,18-19H,3-12,15-17H2,1-2H3;(H,3,4)(H,5,6). The van der Waals surface area contributed by atoms with Crippen LogP contribution in [0.2, 0.25) is 0 Å². The summed E-state index contributed by atoms with van der Waals surface area (Å²) in [5, 5.41) is 14.8. The molecule has 1 heterocycles. The molecular weight excluding hydrogens is 392 g/mol. The first-order chi connectivity index (χ1) is 14.0. The van der Waals surface area contributed by atoms with Gasteiger partial charge in [0.05, 0.1) is 19.0 Å². The molecule has 1 aromatic heterocycles. The molecule has 0 saturated heterocycles. The second kappa shape index (κ2) is 19.8. The van der Waals surface area contributed by atoms with E-state index in [4.69, 9.17) is 24.5 Å². The SMILES string of the molecule is CCCCCCCCCCCCOC(CSC)Cn1ccnc1.O=C(O)C(=O)O. The molecule has 0 aliphatic carbocycles. The summed E-state index contributed by atoms with van der Waals surface area (Å²) in [5.41, 5.74) is 0. The Bertz CT molecular complexity index is 499. The van der Waals surface area contributed by atoms with Crippen LogP contribution in [0.25, 0.3) is 0 Å². The number of aromatic nitrogens is 2. The number of hydrogen-bond acceptors (Lipinski definition) is 5. The summed E-state index contributed by atoms with van der Waals surface area (Å²) < 4.78 is 8.17. The van der Waals surface area contributed by atoms with Crippen LogP contribution >= 0.6 is 11.8 Å². The van der Waals surface area contributed by atoms with Crippen LogP contribution in [0.1, 0.15) is 71.1 Å². The number of nitrogens with zero attached hydrogens (tertiary/aromatic N) is 2. The van der Waals surface area contributed by atoms with Crippen LogP contribution in [0, 0.1) is 0 Å². The van der Waals surface area contributed by atoms with Gasteiger partial charge >= 0.3 is 11.9 Å². The third kappa shape index (κ3) is 18.2. The lowest BCUT2D eigenvalue weighted by atomic mass is 10.1. The highest BCUT2D eigenvalue weighted by Crippen LogP contribution is 2.11. The quantitative estimate of drug-likeness (QED) is 0.289. The van der Waals surface area contributed by atoms with Gasteiger partial charge in [-0.3, -0.25) is 0 Å². The van der Waals surface area contributed by atoms with E-state index in [0.717, 1.165) is 18.9 Å². The molecule has 1 atom stereocenters. The number of imidazole rings is 1. The Labute approximate surface area is 179 Å². The van der Waals surface area contributed by atoms with E-state index >= 15 is 0 Å². The number of carboxylic acid groups (broad SMARTS) is 2. The second-order valence-electron chi connectivity index (χ2n) is 7.00. The third-order valence-corrected chi connectivity index (χ3v) is 5.07. The topological polar surface area (TPSA) is 102 Å². The van der Waals surface area contributed by atoms with Crippen LogP contribution < -0.4 is 0 Å². The first-order valence-electron chi connectivity index (χ1n) is 10.5. The summed E-state index contributed by atoms with van der Waals surface area (Å²) in [4.78, 5) is 22.3. The molecule has 0 fully saturated rings. The Balaban J connectivity index is 0.00000113. The number of carbonyl (C=O) groups is 2. The van der Waals surface area contributed by atoms with Crippen molar-refractivity contribution in [1.29, 1.82) is 0 Å². The highest BCUT2D eigenvalue weighted by atomic mass is 32.2. The number of ether oxygens (including phenoxy) is 1. The maximum absolute atomic E-state index is 9.10. The minimum atomic E-state index is -1.82. The van der Waals surface area contributed by atoms with Crippen molar-refractivity contribution in [3.05, 3.63) is 18.7 Å². The molecule has 0 aliphatic rings. The van der Waals surface area contributed by atoms with Crippen molar-refractivity contribution in [3.8, 4) is 0 Å². The number of aliphatic carboxylic acids is 2. The zero-order chi connectivity index (χ0) is 21.7. The predicted octanol–water partition coefficient (Wildman–Crippen LogP) is 4.71. The van der Waals surface area contributed by atoms with Gasteiger partial charge in [0.1, 0.15) is 0 Å². The average Bonchev–Trinajstić information content (AvgIpc) is 3.19. The van der Waals surface area contributed by atoms with Gasteiger partial charge in [0.25, 0.3) is 0 Å². The summed E-state index contributed by atoms with van der Waals surface area (Å²) in [7, 11) is 0. The molecule has 168 valence electrons. The van der Waals surface area contributed by atoms with E-state index in [1.54, 1.807) is 0 Å². The number of thioether (sulfide) groups is 1. The number of hydrogen-bond donors (Lipinski definition) is 2. The maximum Gasteiger partial charge on any atom is 0.414 e. The molecular formula is C21H38N2O5S. The van der Waals surface area contributed by atoms with Crippen molar-refractivity contribution in [2.45, 2.75) is 83.8 Å². The Morgan fingerprint density at radius 2 is 1.55 bits per heavy atom. The molecule has 1 unspecified atom stereocenters. The lowest BCUT2D eigenvalue weighted by Gasteiger charge is -2.17. The minimum absolute atomic E-state index is 0.303. The fourth-order valence-electron chi connectivity index (χ4n) is 2.81. The van der Waals surface area contributed by atoms with Crippen LogP contribution in [0.3, 0.4) is 0 Å². The predicted molar refractivity (Wildman–Crippen MR) is 117 cm³/mol. The van der Waals surface area contributed by atoms with Crippen LogP contribution in [-0.4, -0.2) is 56.4 Å². The molecule has 2 N–H and O–H groups in total. The summed E-state index contributed by atoms with van der Waals surface area (Å²) >= 11 is 1.86. The van der Waals surface area contributed by atoms with Crippen LogP contribution in [0.4, 0.5) is 0 Å². The molecule has 0 amide bonds. The van der Waals surface area contributed by atoms with Crippen molar-refractivity contribution in [1.82, 2.24) is 9.55 Å². The van der Waals surface area contributed by atoms with Gasteiger partial charge in [0, 0.05) is 24.8 Å². The Morgan fingerprint density at radius 3 is 2.00 bits per heavy atom. The summed E-state index contributed by atoms with van der Waals surface area (Å²) in [6.07, 6.45) is 21.9. The van der Waals surface area contributed by atoms with Crippen molar-refractivity contribution in [2.24, 2.45) is 0 Å². The molecule has 29 heavy (non-hydrogen) atoms. The molecule has 0 radical (unpaired) electrons. The smallest absolute Gasteiger partial charge is 0.414 e. The molecule has 0 bridgehead atoms. The van der Waals surface area contributed by atoms with E-state index in [2.05, 4.69) is 22.7 Å². The maximum atomic E-state index is 9.10. The number of carboxylic acids is 2. The van der Waals surface area contributed by atoms with Crippen molar-refractivity contribution in [3.63, 3.8) is 0 Å². The van der Waals surface area contributed by atoms with Gasteiger partial charge < -0.3 is 19.5 Å². The normalized spacial score (nSPS) is 11.5. The molecule has 0 saturated carbocycles. The van der Waals surface area contributed by atoms with Gasteiger partial charge in [0.15, 0.2) is 0 Å². The zero-order valence-corrected chi connectivity index (χ0v) is 18.7. The van der Waals surface area contributed by atoms with Gasteiger partial charge in [-0.25, -0.2) is 14.6 Å². The van der Waals surface area contributed by atoms with Gasteiger partial charge in [-0.05, 0) is 12.7 Å². The van der Waals surface area contributed by atoms with E-state index in [9.17, 15) is 0 Å².